The molecule has 0 N–H and O–H groups in total. The molecule has 1 aliphatic heterocycles. The molecule has 1 fully saturated rings. The molecule has 0 unspecified atom stereocenters. The number of rotatable bonds is 2. The highest BCUT2D eigenvalue weighted by atomic mass is 79.9. The smallest absolute Gasteiger partial charge is 0.150 e. The van der Waals surface area contributed by atoms with Crippen molar-refractivity contribution in [1.82, 2.24) is 14.5 Å². The highest BCUT2D eigenvalue weighted by Crippen LogP contribution is 2.34. The van der Waals surface area contributed by atoms with Gasteiger partial charge < -0.3 is 9.47 Å². The number of piperidine rings is 1. The van der Waals surface area contributed by atoms with Crippen molar-refractivity contribution in [2.75, 3.05) is 18.0 Å². The summed E-state index contributed by atoms with van der Waals surface area (Å²) in [5, 5.41) is 1.17. The average Bonchev–Trinajstić information content (AvgIpc) is 2.90. The van der Waals surface area contributed by atoms with Crippen molar-refractivity contribution in [1.29, 1.82) is 0 Å². The van der Waals surface area contributed by atoms with E-state index in [4.69, 9.17) is 9.97 Å². The molecule has 5 heteroatoms. The zero-order chi connectivity index (χ0) is 19.3. The van der Waals surface area contributed by atoms with Gasteiger partial charge in [0.1, 0.15) is 11.6 Å². The molecule has 0 spiro atoms. The highest BCUT2D eigenvalue weighted by Gasteiger charge is 2.23. The fourth-order valence-corrected chi connectivity index (χ4v) is 4.90. The Morgan fingerprint density at radius 2 is 1.63 bits per heavy atom. The van der Waals surface area contributed by atoms with Crippen LogP contribution < -0.4 is 4.90 Å². The third-order valence-corrected chi connectivity index (χ3v) is 6.00. The standard InChI is InChI=1S/C22H26BrN4/c1-13-6-8-26(9-7-13)21-19-16(4)12-27(22(19)25-17(5)24-21)20-14(2)10-18(23)11-15(20)3/h10-13H,1,6-9H2,2-5H3. The van der Waals surface area contributed by atoms with E-state index in [1.807, 2.05) is 6.92 Å². The van der Waals surface area contributed by atoms with Crippen molar-refractivity contribution in [3.63, 3.8) is 0 Å². The van der Waals surface area contributed by atoms with E-state index in [-0.39, 0.29) is 0 Å². The SMILES string of the molecule is [CH2]C1CCN(c2nc(C)nc3c2c(C)cn3-c2c(C)cc(Br)cc2C)CC1. The van der Waals surface area contributed by atoms with E-state index in [2.05, 4.69) is 71.4 Å². The topological polar surface area (TPSA) is 34.0 Å². The van der Waals surface area contributed by atoms with Crippen LogP contribution in [0.4, 0.5) is 5.82 Å². The lowest BCUT2D eigenvalue weighted by Crippen LogP contribution is -2.33. The summed E-state index contributed by atoms with van der Waals surface area (Å²) in [6, 6.07) is 4.33. The Balaban J connectivity index is 1.93. The zero-order valence-corrected chi connectivity index (χ0v) is 18.1. The number of halogens is 1. The molecule has 2 aromatic heterocycles. The van der Waals surface area contributed by atoms with E-state index in [0.717, 1.165) is 47.7 Å². The first-order chi connectivity index (χ1) is 12.8. The fourth-order valence-electron chi connectivity index (χ4n) is 4.22. The summed E-state index contributed by atoms with van der Waals surface area (Å²) in [5.74, 6) is 2.45. The van der Waals surface area contributed by atoms with Crippen molar-refractivity contribution in [2.45, 2.75) is 40.5 Å². The van der Waals surface area contributed by atoms with Crippen LogP contribution in [0.15, 0.2) is 22.8 Å². The van der Waals surface area contributed by atoms with Gasteiger partial charge in [-0.3, -0.25) is 0 Å². The summed E-state index contributed by atoms with van der Waals surface area (Å²) < 4.78 is 3.35. The van der Waals surface area contributed by atoms with Crippen LogP contribution in [0.3, 0.4) is 0 Å². The van der Waals surface area contributed by atoms with Gasteiger partial charge in [-0.1, -0.05) is 22.9 Å². The molecule has 0 aliphatic carbocycles. The van der Waals surface area contributed by atoms with E-state index in [1.165, 1.54) is 27.8 Å². The number of aryl methyl sites for hydroxylation is 4. The maximum Gasteiger partial charge on any atom is 0.150 e. The Hall–Kier alpha value is -1.88. The third-order valence-electron chi connectivity index (χ3n) is 5.54. The first-order valence-corrected chi connectivity index (χ1v) is 10.4. The summed E-state index contributed by atoms with van der Waals surface area (Å²) in [6.07, 6.45) is 4.45. The van der Waals surface area contributed by atoms with E-state index in [1.54, 1.807) is 0 Å². The number of hydrogen-bond donors (Lipinski definition) is 0. The van der Waals surface area contributed by atoms with Gasteiger partial charge in [0.25, 0.3) is 0 Å². The Kier molecular flexibility index (Phi) is 4.75. The first-order valence-electron chi connectivity index (χ1n) is 9.56. The first kappa shape index (κ1) is 18.5. The lowest BCUT2D eigenvalue weighted by Gasteiger charge is -2.31. The molecule has 1 radical (unpaired) electrons. The van der Waals surface area contributed by atoms with Crippen LogP contribution in [-0.2, 0) is 0 Å². The normalized spacial score (nSPS) is 15.7. The van der Waals surface area contributed by atoms with Crippen LogP contribution in [0.5, 0.6) is 0 Å². The number of benzene rings is 1. The van der Waals surface area contributed by atoms with Gasteiger partial charge in [-0.25, -0.2) is 9.97 Å². The van der Waals surface area contributed by atoms with Gasteiger partial charge in [-0.15, -0.1) is 0 Å². The average molecular weight is 426 g/mol. The summed E-state index contributed by atoms with van der Waals surface area (Å²) in [4.78, 5) is 12.1. The number of hydrogen-bond acceptors (Lipinski definition) is 3. The van der Waals surface area contributed by atoms with Crippen molar-refractivity contribution in [3.05, 3.63) is 52.2 Å². The Morgan fingerprint density at radius 1 is 1.00 bits per heavy atom. The van der Waals surface area contributed by atoms with Gasteiger partial charge in [0.05, 0.1) is 11.1 Å². The van der Waals surface area contributed by atoms with Crippen molar-refractivity contribution >= 4 is 32.8 Å². The third kappa shape index (κ3) is 3.27. The van der Waals surface area contributed by atoms with Crippen LogP contribution in [0.2, 0.25) is 0 Å². The van der Waals surface area contributed by atoms with Gasteiger partial charge >= 0.3 is 0 Å². The molecule has 0 atom stereocenters. The minimum atomic E-state index is 0.554. The minimum absolute atomic E-state index is 0.554. The molecule has 0 saturated carbocycles. The van der Waals surface area contributed by atoms with E-state index in [9.17, 15) is 0 Å². The zero-order valence-electron chi connectivity index (χ0n) is 16.5. The second-order valence-electron chi connectivity index (χ2n) is 7.79. The van der Waals surface area contributed by atoms with Gasteiger partial charge in [0.15, 0.2) is 5.65 Å². The van der Waals surface area contributed by atoms with Crippen molar-refractivity contribution in [2.24, 2.45) is 5.92 Å². The lowest BCUT2D eigenvalue weighted by atomic mass is 9.99. The molecule has 0 bridgehead atoms. The number of aromatic nitrogens is 3. The monoisotopic (exact) mass is 425 g/mol. The van der Waals surface area contributed by atoms with Crippen molar-refractivity contribution in [3.8, 4) is 5.69 Å². The maximum atomic E-state index is 4.85. The van der Waals surface area contributed by atoms with E-state index in [0.29, 0.717) is 5.92 Å². The second kappa shape index (κ2) is 6.93. The van der Waals surface area contributed by atoms with E-state index < -0.39 is 0 Å². The van der Waals surface area contributed by atoms with Crippen LogP contribution in [-0.4, -0.2) is 27.6 Å². The van der Waals surface area contributed by atoms with Gasteiger partial charge in [-0.05, 0) is 75.3 Å². The molecule has 4 rings (SSSR count). The molecular weight excluding hydrogens is 400 g/mol. The van der Waals surface area contributed by atoms with Crippen LogP contribution in [0.25, 0.3) is 16.7 Å². The van der Waals surface area contributed by atoms with Crippen LogP contribution in [0.1, 0.15) is 35.4 Å². The summed E-state index contributed by atoms with van der Waals surface area (Å²) in [6.45, 7) is 14.7. The number of fused-ring (bicyclic) bond motifs is 1. The molecule has 3 aromatic rings. The molecule has 1 aromatic carbocycles. The summed E-state index contributed by atoms with van der Waals surface area (Å²) >= 11 is 3.61. The fraction of sp³-hybridized carbons (Fsp3) is 0.409. The lowest BCUT2D eigenvalue weighted by molar-refractivity contribution is 0.474. The summed E-state index contributed by atoms with van der Waals surface area (Å²) in [5.41, 5.74) is 5.89. The molecule has 1 saturated heterocycles. The Bertz CT molecular complexity index is 990. The molecule has 141 valence electrons. The van der Waals surface area contributed by atoms with Crippen molar-refractivity contribution < 1.29 is 0 Å². The van der Waals surface area contributed by atoms with Crippen LogP contribution >= 0.6 is 15.9 Å². The molecule has 27 heavy (non-hydrogen) atoms. The number of nitrogens with zero attached hydrogens (tertiary/aromatic N) is 4. The van der Waals surface area contributed by atoms with Crippen LogP contribution in [0, 0.1) is 40.5 Å². The molecule has 0 amide bonds. The second-order valence-corrected chi connectivity index (χ2v) is 8.71. The predicted octanol–water partition coefficient (Wildman–Crippen LogP) is 5.47. The van der Waals surface area contributed by atoms with Gasteiger partial charge in [0.2, 0.25) is 0 Å². The molecule has 3 heterocycles. The maximum absolute atomic E-state index is 4.85. The van der Waals surface area contributed by atoms with E-state index >= 15 is 0 Å². The molecular formula is C22H26BrN4. The molecule has 1 aliphatic rings. The quantitative estimate of drug-likeness (QED) is 0.545. The largest absolute Gasteiger partial charge is 0.356 e. The Morgan fingerprint density at radius 3 is 2.26 bits per heavy atom. The minimum Gasteiger partial charge on any atom is -0.356 e. The number of anilines is 1. The molecule has 4 nitrogen and oxygen atoms in total. The Labute approximate surface area is 169 Å². The van der Waals surface area contributed by atoms with Gasteiger partial charge in [0, 0.05) is 23.8 Å². The predicted molar refractivity (Wildman–Crippen MR) is 116 cm³/mol. The van der Waals surface area contributed by atoms with Gasteiger partial charge in [-0.2, -0.15) is 0 Å². The highest BCUT2D eigenvalue weighted by molar-refractivity contribution is 9.10. The summed E-state index contributed by atoms with van der Waals surface area (Å²) in [7, 11) is 0.